The molecular formula is C12H18N2O2. The number of aliphatic hydroxyl groups is 2. The molecule has 1 aromatic rings. The molecule has 0 aliphatic carbocycles. The summed E-state index contributed by atoms with van der Waals surface area (Å²) in [5.74, 6) is 0.851. The lowest BCUT2D eigenvalue weighted by Crippen LogP contribution is -2.37. The fourth-order valence-electron chi connectivity index (χ4n) is 2.08. The smallest absolute Gasteiger partial charge is 0.134 e. The quantitative estimate of drug-likeness (QED) is 0.786. The Hall–Kier alpha value is -1.13. The van der Waals surface area contributed by atoms with Crippen LogP contribution in [-0.2, 0) is 0 Å². The number of piperidine rings is 1. The average Bonchev–Trinajstić information content (AvgIpc) is 2.30. The SMILES string of the molecule is C[C@@H](O)c1cccnc1N1CCC(O)CC1. The molecule has 0 saturated carbocycles. The predicted molar refractivity (Wildman–Crippen MR) is 62.3 cm³/mol. The van der Waals surface area contributed by atoms with Gasteiger partial charge in [-0.05, 0) is 25.8 Å². The summed E-state index contributed by atoms with van der Waals surface area (Å²) in [7, 11) is 0. The highest BCUT2D eigenvalue weighted by Gasteiger charge is 2.21. The third kappa shape index (κ3) is 2.33. The Morgan fingerprint density at radius 1 is 1.44 bits per heavy atom. The summed E-state index contributed by atoms with van der Waals surface area (Å²) in [6, 6.07) is 3.74. The summed E-state index contributed by atoms with van der Waals surface area (Å²) >= 11 is 0. The van der Waals surface area contributed by atoms with E-state index in [9.17, 15) is 10.2 Å². The highest BCUT2D eigenvalue weighted by molar-refractivity contribution is 5.48. The first-order chi connectivity index (χ1) is 7.68. The molecule has 0 unspecified atom stereocenters. The normalized spacial score (nSPS) is 19.8. The molecule has 0 radical (unpaired) electrons. The second-order valence-electron chi connectivity index (χ2n) is 4.31. The van der Waals surface area contributed by atoms with Crippen LogP contribution in [0.15, 0.2) is 18.3 Å². The van der Waals surface area contributed by atoms with E-state index in [4.69, 9.17) is 0 Å². The minimum Gasteiger partial charge on any atom is -0.393 e. The van der Waals surface area contributed by atoms with E-state index in [0.29, 0.717) is 0 Å². The molecule has 1 aliphatic heterocycles. The van der Waals surface area contributed by atoms with Crippen LogP contribution < -0.4 is 4.90 Å². The highest BCUT2D eigenvalue weighted by atomic mass is 16.3. The monoisotopic (exact) mass is 222 g/mol. The van der Waals surface area contributed by atoms with Gasteiger partial charge in [-0.25, -0.2) is 4.98 Å². The zero-order valence-electron chi connectivity index (χ0n) is 9.50. The van der Waals surface area contributed by atoms with E-state index in [-0.39, 0.29) is 6.10 Å². The van der Waals surface area contributed by atoms with Crippen molar-refractivity contribution in [2.45, 2.75) is 32.0 Å². The summed E-state index contributed by atoms with van der Waals surface area (Å²) in [5.41, 5.74) is 0.860. The largest absolute Gasteiger partial charge is 0.393 e. The summed E-state index contributed by atoms with van der Waals surface area (Å²) in [6.45, 7) is 3.36. The van der Waals surface area contributed by atoms with E-state index < -0.39 is 6.10 Å². The lowest BCUT2D eigenvalue weighted by atomic mass is 10.1. The van der Waals surface area contributed by atoms with Crippen LogP contribution in [0.5, 0.6) is 0 Å². The molecule has 2 rings (SSSR count). The van der Waals surface area contributed by atoms with Gasteiger partial charge in [0, 0.05) is 24.8 Å². The Kier molecular flexibility index (Phi) is 3.41. The van der Waals surface area contributed by atoms with Crippen LogP contribution >= 0.6 is 0 Å². The van der Waals surface area contributed by atoms with Crippen molar-refractivity contribution < 1.29 is 10.2 Å². The molecule has 4 heteroatoms. The summed E-state index contributed by atoms with van der Waals surface area (Å²) in [5, 5.41) is 19.1. The summed E-state index contributed by atoms with van der Waals surface area (Å²) < 4.78 is 0. The minimum absolute atomic E-state index is 0.185. The molecule has 0 bridgehead atoms. The minimum atomic E-state index is -0.504. The second kappa shape index (κ2) is 4.80. The van der Waals surface area contributed by atoms with E-state index >= 15 is 0 Å². The van der Waals surface area contributed by atoms with Crippen LogP contribution in [0.25, 0.3) is 0 Å². The molecule has 1 aliphatic rings. The first-order valence-electron chi connectivity index (χ1n) is 5.74. The van der Waals surface area contributed by atoms with Crippen molar-refractivity contribution in [3.8, 4) is 0 Å². The molecule has 2 N–H and O–H groups in total. The van der Waals surface area contributed by atoms with Gasteiger partial charge in [-0.1, -0.05) is 6.07 Å². The molecular weight excluding hydrogens is 204 g/mol. The van der Waals surface area contributed by atoms with E-state index in [0.717, 1.165) is 37.3 Å². The van der Waals surface area contributed by atoms with Gasteiger partial charge in [0.15, 0.2) is 0 Å². The number of rotatable bonds is 2. The standard InChI is InChI=1S/C12H18N2O2/c1-9(15)11-3-2-6-13-12(11)14-7-4-10(16)5-8-14/h2-3,6,9-10,15-16H,4-5,7-8H2,1H3/t9-/m1/s1. The van der Waals surface area contributed by atoms with Gasteiger partial charge in [-0.2, -0.15) is 0 Å². The Labute approximate surface area is 95.5 Å². The van der Waals surface area contributed by atoms with E-state index in [1.54, 1.807) is 13.1 Å². The maximum Gasteiger partial charge on any atom is 0.134 e. The van der Waals surface area contributed by atoms with Gasteiger partial charge in [0.1, 0.15) is 5.82 Å². The van der Waals surface area contributed by atoms with E-state index in [1.165, 1.54) is 0 Å². The molecule has 0 spiro atoms. The Balaban J connectivity index is 2.19. The molecule has 0 aromatic carbocycles. The van der Waals surface area contributed by atoms with Crippen LogP contribution in [0.4, 0.5) is 5.82 Å². The number of pyridine rings is 1. The van der Waals surface area contributed by atoms with Gasteiger partial charge in [0.25, 0.3) is 0 Å². The molecule has 4 nitrogen and oxygen atoms in total. The van der Waals surface area contributed by atoms with Crippen molar-refractivity contribution in [3.63, 3.8) is 0 Å². The average molecular weight is 222 g/mol. The van der Waals surface area contributed by atoms with Gasteiger partial charge in [0.2, 0.25) is 0 Å². The van der Waals surface area contributed by atoms with Gasteiger partial charge < -0.3 is 15.1 Å². The first kappa shape index (κ1) is 11.4. The van der Waals surface area contributed by atoms with Crippen molar-refractivity contribution in [1.82, 2.24) is 4.98 Å². The van der Waals surface area contributed by atoms with E-state index in [2.05, 4.69) is 9.88 Å². The summed E-state index contributed by atoms with van der Waals surface area (Å²) in [6.07, 6.45) is 2.60. The number of nitrogens with zero attached hydrogens (tertiary/aromatic N) is 2. The molecule has 1 aromatic heterocycles. The topological polar surface area (TPSA) is 56.6 Å². The number of aromatic nitrogens is 1. The molecule has 0 amide bonds. The van der Waals surface area contributed by atoms with Crippen LogP contribution in [0.3, 0.4) is 0 Å². The number of aliphatic hydroxyl groups excluding tert-OH is 2. The molecule has 1 fully saturated rings. The Morgan fingerprint density at radius 2 is 2.12 bits per heavy atom. The van der Waals surface area contributed by atoms with Crippen molar-refractivity contribution in [1.29, 1.82) is 0 Å². The zero-order valence-corrected chi connectivity index (χ0v) is 9.50. The van der Waals surface area contributed by atoms with Crippen LogP contribution in [0, 0.1) is 0 Å². The lowest BCUT2D eigenvalue weighted by molar-refractivity contribution is 0.145. The third-order valence-corrected chi connectivity index (χ3v) is 3.03. The van der Waals surface area contributed by atoms with Gasteiger partial charge >= 0.3 is 0 Å². The number of anilines is 1. The maximum absolute atomic E-state index is 9.67. The zero-order chi connectivity index (χ0) is 11.5. The van der Waals surface area contributed by atoms with Crippen LogP contribution in [0.1, 0.15) is 31.4 Å². The van der Waals surface area contributed by atoms with Gasteiger partial charge in [-0.3, -0.25) is 0 Å². The Morgan fingerprint density at radius 3 is 2.75 bits per heavy atom. The number of hydrogen-bond acceptors (Lipinski definition) is 4. The lowest BCUT2D eigenvalue weighted by Gasteiger charge is -2.32. The van der Waals surface area contributed by atoms with Crippen molar-refractivity contribution in [2.24, 2.45) is 0 Å². The van der Waals surface area contributed by atoms with Crippen molar-refractivity contribution in [2.75, 3.05) is 18.0 Å². The third-order valence-electron chi connectivity index (χ3n) is 3.03. The Bertz CT molecular complexity index is 347. The molecule has 16 heavy (non-hydrogen) atoms. The summed E-state index contributed by atoms with van der Waals surface area (Å²) in [4.78, 5) is 6.47. The highest BCUT2D eigenvalue weighted by Crippen LogP contribution is 2.26. The predicted octanol–water partition coefficient (Wildman–Crippen LogP) is 1.10. The van der Waals surface area contributed by atoms with E-state index in [1.807, 2.05) is 12.1 Å². The fourth-order valence-corrected chi connectivity index (χ4v) is 2.08. The maximum atomic E-state index is 9.67. The molecule has 1 atom stereocenters. The van der Waals surface area contributed by atoms with Crippen molar-refractivity contribution in [3.05, 3.63) is 23.9 Å². The van der Waals surface area contributed by atoms with Gasteiger partial charge in [-0.15, -0.1) is 0 Å². The van der Waals surface area contributed by atoms with Crippen LogP contribution in [0.2, 0.25) is 0 Å². The first-order valence-corrected chi connectivity index (χ1v) is 5.74. The number of hydrogen-bond donors (Lipinski definition) is 2. The fraction of sp³-hybridized carbons (Fsp3) is 0.583. The molecule has 88 valence electrons. The van der Waals surface area contributed by atoms with Crippen molar-refractivity contribution >= 4 is 5.82 Å². The van der Waals surface area contributed by atoms with Crippen LogP contribution in [-0.4, -0.2) is 34.4 Å². The molecule has 1 saturated heterocycles. The molecule has 2 heterocycles. The second-order valence-corrected chi connectivity index (χ2v) is 4.31. The van der Waals surface area contributed by atoms with Gasteiger partial charge in [0.05, 0.1) is 12.2 Å².